The molecule has 0 fully saturated rings. The van der Waals surface area contributed by atoms with Gasteiger partial charge in [0.1, 0.15) is 11.1 Å². The number of nitriles is 1. The Morgan fingerprint density at radius 3 is 2.82 bits per heavy atom. The van der Waals surface area contributed by atoms with Gasteiger partial charge < -0.3 is 9.47 Å². The van der Waals surface area contributed by atoms with Crippen LogP contribution in [0.3, 0.4) is 0 Å². The fourth-order valence-electron chi connectivity index (χ4n) is 2.28. The van der Waals surface area contributed by atoms with Crippen molar-refractivity contribution < 1.29 is 0 Å². The van der Waals surface area contributed by atoms with E-state index in [1.165, 1.54) is 10.4 Å². The lowest BCUT2D eigenvalue weighted by molar-refractivity contribution is 0.317. The number of thiophene rings is 1. The predicted molar refractivity (Wildman–Crippen MR) is 68.4 cm³/mol. The normalized spacial score (nSPS) is 15.5. The van der Waals surface area contributed by atoms with Crippen LogP contribution >= 0.6 is 11.3 Å². The van der Waals surface area contributed by atoms with Gasteiger partial charge in [-0.15, -0.1) is 11.3 Å². The number of hydrogen-bond donors (Lipinski definition) is 0. The Labute approximate surface area is 105 Å². The van der Waals surface area contributed by atoms with Crippen molar-refractivity contribution in [2.75, 3.05) is 13.6 Å². The summed E-state index contributed by atoms with van der Waals surface area (Å²) in [4.78, 5) is 3.65. The fraction of sp³-hybridized carbons (Fsp3) is 0.308. The first kappa shape index (κ1) is 10.6. The second kappa shape index (κ2) is 4.02. The first-order valence-corrected chi connectivity index (χ1v) is 6.48. The Bertz CT molecular complexity index is 575. The number of hydrogen-bond acceptors (Lipinski definition) is 3. The Morgan fingerprint density at radius 1 is 1.35 bits per heavy atom. The Morgan fingerprint density at radius 2 is 2.12 bits per heavy atom. The van der Waals surface area contributed by atoms with Crippen LogP contribution in [0.2, 0.25) is 0 Å². The minimum absolute atomic E-state index is 0.870. The summed E-state index contributed by atoms with van der Waals surface area (Å²) in [6.45, 7) is 2.01. The van der Waals surface area contributed by atoms with Crippen molar-refractivity contribution in [2.45, 2.75) is 13.0 Å². The van der Waals surface area contributed by atoms with Gasteiger partial charge in [-0.05, 0) is 31.2 Å². The number of aromatic nitrogens is 1. The van der Waals surface area contributed by atoms with E-state index in [9.17, 15) is 5.26 Å². The second-order valence-corrected chi connectivity index (χ2v) is 5.46. The average molecular weight is 243 g/mol. The number of likely N-dealkylation sites (N-methyl/N-ethyl adjacent to an activating group) is 1. The maximum absolute atomic E-state index is 9.36. The monoisotopic (exact) mass is 243 g/mol. The third-order valence-corrected chi connectivity index (χ3v) is 4.41. The van der Waals surface area contributed by atoms with Gasteiger partial charge in [0.25, 0.3) is 0 Å². The lowest BCUT2D eigenvalue weighted by Gasteiger charge is -2.21. The highest BCUT2D eigenvalue weighted by Gasteiger charge is 2.23. The third-order valence-electron chi connectivity index (χ3n) is 3.18. The van der Waals surface area contributed by atoms with E-state index < -0.39 is 0 Å². The van der Waals surface area contributed by atoms with Crippen molar-refractivity contribution in [3.63, 3.8) is 0 Å². The summed E-state index contributed by atoms with van der Waals surface area (Å²) in [5, 5.41) is 10.4. The van der Waals surface area contributed by atoms with Crippen LogP contribution in [0.25, 0.3) is 5.00 Å². The molecule has 0 atom stereocenters. The van der Waals surface area contributed by atoms with E-state index in [2.05, 4.69) is 18.0 Å². The highest BCUT2D eigenvalue weighted by molar-refractivity contribution is 7.15. The zero-order valence-electron chi connectivity index (χ0n) is 9.68. The highest BCUT2D eigenvalue weighted by atomic mass is 32.1. The maximum atomic E-state index is 9.36. The van der Waals surface area contributed by atoms with E-state index in [4.69, 9.17) is 0 Å². The van der Waals surface area contributed by atoms with E-state index in [1.54, 1.807) is 11.3 Å². The molecule has 0 amide bonds. The molecule has 3 heterocycles. The van der Waals surface area contributed by atoms with E-state index in [0.717, 1.165) is 30.1 Å². The van der Waals surface area contributed by atoms with Crippen molar-refractivity contribution in [3.8, 4) is 11.1 Å². The summed E-state index contributed by atoms with van der Waals surface area (Å²) in [5.41, 5.74) is 2.13. The molecule has 0 bridgehead atoms. The molecule has 0 spiro atoms. The summed E-state index contributed by atoms with van der Waals surface area (Å²) < 4.78 is 2.04. The molecule has 2 aromatic heterocycles. The van der Waals surface area contributed by atoms with Gasteiger partial charge in [-0.3, -0.25) is 0 Å². The first-order chi connectivity index (χ1) is 8.29. The molecule has 0 N–H and O–H groups in total. The van der Waals surface area contributed by atoms with Crippen molar-refractivity contribution in [1.82, 2.24) is 9.47 Å². The smallest absolute Gasteiger partial charge is 0.118 e. The fourth-order valence-corrected chi connectivity index (χ4v) is 3.63. The van der Waals surface area contributed by atoms with Gasteiger partial charge in [-0.2, -0.15) is 5.26 Å². The van der Waals surface area contributed by atoms with Crippen molar-refractivity contribution in [1.29, 1.82) is 5.26 Å². The van der Waals surface area contributed by atoms with Crippen LogP contribution in [0.1, 0.15) is 16.0 Å². The summed E-state index contributed by atoms with van der Waals surface area (Å²) in [5.74, 6) is 0. The lowest BCUT2D eigenvalue weighted by atomic mass is 10.0. The Hall–Kier alpha value is -1.57. The zero-order chi connectivity index (χ0) is 11.8. The van der Waals surface area contributed by atoms with Crippen molar-refractivity contribution >= 4 is 11.3 Å². The SMILES string of the molecule is CN1CCc2c(sc(-n3cccc3)c2C#N)C1. The molecule has 0 aliphatic carbocycles. The van der Waals surface area contributed by atoms with Gasteiger partial charge in [0.05, 0.1) is 5.56 Å². The molecule has 2 aromatic rings. The highest BCUT2D eigenvalue weighted by Crippen LogP contribution is 2.34. The molecule has 0 unspecified atom stereocenters. The number of rotatable bonds is 1. The first-order valence-electron chi connectivity index (χ1n) is 5.66. The number of fused-ring (bicyclic) bond motifs is 1. The molecule has 1 aliphatic rings. The standard InChI is InChI=1S/C13H13N3S/c1-15-7-4-10-11(8-14)13(17-12(10)9-15)16-5-2-3-6-16/h2-3,5-6H,4,7,9H2,1H3. The molecule has 4 heteroatoms. The van der Waals surface area contributed by atoms with E-state index >= 15 is 0 Å². The van der Waals surface area contributed by atoms with E-state index in [1.807, 2.05) is 29.1 Å². The van der Waals surface area contributed by atoms with Gasteiger partial charge >= 0.3 is 0 Å². The van der Waals surface area contributed by atoms with Crippen LogP contribution in [0.5, 0.6) is 0 Å². The minimum Gasteiger partial charge on any atom is -0.314 e. The van der Waals surface area contributed by atoms with Crippen LogP contribution in [0.15, 0.2) is 24.5 Å². The average Bonchev–Trinajstić information content (AvgIpc) is 2.94. The van der Waals surface area contributed by atoms with Crippen LogP contribution in [0, 0.1) is 11.3 Å². The van der Waals surface area contributed by atoms with Crippen molar-refractivity contribution in [3.05, 3.63) is 40.5 Å². The Balaban J connectivity index is 2.15. The molecule has 86 valence electrons. The summed E-state index contributed by atoms with van der Waals surface area (Å²) in [7, 11) is 2.13. The quantitative estimate of drug-likeness (QED) is 0.770. The van der Waals surface area contributed by atoms with E-state index in [0.29, 0.717) is 0 Å². The largest absolute Gasteiger partial charge is 0.314 e. The van der Waals surface area contributed by atoms with Gasteiger partial charge in [0.2, 0.25) is 0 Å². The van der Waals surface area contributed by atoms with Gasteiger partial charge in [-0.1, -0.05) is 0 Å². The molecular formula is C13H13N3S. The van der Waals surface area contributed by atoms with E-state index in [-0.39, 0.29) is 0 Å². The van der Waals surface area contributed by atoms with Crippen LogP contribution in [0.4, 0.5) is 0 Å². The molecule has 3 rings (SSSR count). The molecular weight excluding hydrogens is 230 g/mol. The molecule has 0 saturated heterocycles. The summed E-state index contributed by atoms with van der Waals surface area (Å²) >= 11 is 1.75. The third kappa shape index (κ3) is 1.68. The van der Waals surface area contributed by atoms with Crippen LogP contribution in [-0.2, 0) is 13.0 Å². The van der Waals surface area contributed by atoms with Gasteiger partial charge in [0.15, 0.2) is 0 Å². The molecule has 0 radical (unpaired) electrons. The number of nitrogens with zero attached hydrogens (tertiary/aromatic N) is 3. The van der Waals surface area contributed by atoms with Crippen LogP contribution in [-0.4, -0.2) is 23.1 Å². The van der Waals surface area contributed by atoms with Crippen molar-refractivity contribution in [2.24, 2.45) is 0 Å². The molecule has 17 heavy (non-hydrogen) atoms. The zero-order valence-corrected chi connectivity index (χ0v) is 10.5. The molecule has 0 saturated carbocycles. The molecule has 0 aromatic carbocycles. The minimum atomic E-state index is 0.870. The topological polar surface area (TPSA) is 32.0 Å². The molecule has 1 aliphatic heterocycles. The lowest BCUT2D eigenvalue weighted by Crippen LogP contribution is -2.25. The molecule has 3 nitrogen and oxygen atoms in total. The maximum Gasteiger partial charge on any atom is 0.118 e. The van der Waals surface area contributed by atoms with Gasteiger partial charge in [-0.25, -0.2) is 0 Å². The predicted octanol–water partition coefficient (Wildman–Crippen LogP) is 2.40. The summed E-state index contributed by atoms with van der Waals surface area (Å²) in [6, 6.07) is 6.36. The van der Waals surface area contributed by atoms with Crippen LogP contribution < -0.4 is 0 Å². The second-order valence-electron chi connectivity index (χ2n) is 4.37. The Kier molecular flexibility index (Phi) is 2.50. The van der Waals surface area contributed by atoms with Gasteiger partial charge in [0, 0.05) is 30.4 Å². The summed E-state index contributed by atoms with van der Waals surface area (Å²) in [6.07, 6.45) is 5.00.